The van der Waals surface area contributed by atoms with Gasteiger partial charge in [0.05, 0.1) is 11.3 Å². The first-order valence-electron chi connectivity index (χ1n) is 7.20. The first-order chi connectivity index (χ1) is 12.0. The fourth-order valence-electron chi connectivity index (χ4n) is 2.75. The van der Waals surface area contributed by atoms with Crippen molar-refractivity contribution >= 4 is 46.4 Å². The maximum absolute atomic E-state index is 12.9. The number of rotatable bonds is 2. The molecule has 0 radical (unpaired) electrons. The molecule has 122 valence electrons. The minimum absolute atomic E-state index is 0.0810. The van der Waals surface area contributed by atoms with Crippen molar-refractivity contribution in [3.63, 3.8) is 0 Å². The zero-order valence-corrected chi connectivity index (χ0v) is 14.0. The van der Waals surface area contributed by atoms with E-state index >= 15 is 0 Å². The molecule has 0 fully saturated rings. The predicted octanol–water partition coefficient (Wildman–Crippen LogP) is 3.70. The lowest BCUT2D eigenvalue weighted by Gasteiger charge is -2.20. The van der Waals surface area contributed by atoms with Gasteiger partial charge in [0, 0.05) is 16.7 Å². The van der Waals surface area contributed by atoms with Crippen LogP contribution in [0.5, 0.6) is 0 Å². The fourth-order valence-corrected chi connectivity index (χ4v) is 3.11. The molecule has 0 atom stereocenters. The van der Waals surface area contributed by atoms with Gasteiger partial charge in [-0.15, -0.1) is 0 Å². The lowest BCUT2D eigenvalue weighted by Crippen LogP contribution is -2.22. The number of aromatic nitrogens is 3. The van der Waals surface area contributed by atoms with Crippen LogP contribution in [0.25, 0.3) is 0 Å². The molecule has 0 unspecified atom stereocenters. The third-order valence-corrected chi connectivity index (χ3v) is 4.12. The van der Waals surface area contributed by atoms with Gasteiger partial charge < -0.3 is 5.32 Å². The van der Waals surface area contributed by atoms with E-state index in [0.29, 0.717) is 22.4 Å². The molecule has 0 aliphatic heterocycles. The number of nitrogens with one attached hydrogen (secondary N) is 1. The monoisotopic (exact) mass is 370 g/mol. The summed E-state index contributed by atoms with van der Waals surface area (Å²) in [6, 6.07) is 11.7. The summed E-state index contributed by atoms with van der Waals surface area (Å²) >= 11 is 11.5. The number of carbonyl (C=O) groups excluding carboxylic acids is 2. The summed E-state index contributed by atoms with van der Waals surface area (Å²) in [7, 11) is 0. The van der Waals surface area contributed by atoms with Crippen LogP contribution in [0.15, 0.2) is 42.5 Å². The van der Waals surface area contributed by atoms with Gasteiger partial charge in [0.15, 0.2) is 11.6 Å². The number of halogens is 2. The molecule has 0 saturated carbocycles. The zero-order chi connectivity index (χ0) is 17.6. The van der Waals surface area contributed by atoms with Crippen molar-refractivity contribution in [3.05, 3.63) is 75.3 Å². The molecule has 25 heavy (non-hydrogen) atoms. The number of hydrogen-bond acceptors (Lipinski definition) is 6. The Bertz CT molecular complexity index is 1030. The normalized spacial score (nSPS) is 12.6. The second-order valence-corrected chi connectivity index (χ2v) is 5.93. The van der Waals surface area contributed by atoms with Gasteiger partial charge in [-0.1, -0.05) is 36.4 Å². The topological polar surface area (TPSA) is 84.8 Å². The van der Waals surface area contributed by atoms with Crippen LogP contribution in [-0.2, 0) is 0 Å². The van der Waals surface area contributed by atoms with Crippen LogP contribution in [0.2, 0.25) is 10.6 Å². The third kappa shape index (κ3) is 2.65. The number of carbonyl (C=O) groups is 2. The number of benzene rings is 2. The average molecular weight is 371 g/mol. The van der Waals surface area contributed by atoms with Crippen LogP contribution >= 0.6 is 23.2 Å². The third-order valence-electron chi connectivity index (χ3n) is 3.78. The summed E-state index contributed by atoms with van der Waals surface area (Å²) < 4.78 is 0. The van der Waals surface area contributed by atoms with E-state index in [-0.39, 0.29) is 33.6 Å². The summed E-state index contributed by atoms with van der Waals surface area (Å²) in [5.74, 6) is -0.377. The first-order valence-corrected chi connectivity index (χ1v) is 7.96. The maximum Gasteiger partial charge on any atom is 0.232 e. The molecule has 8 heteroatoms. The van der Waals surface area contributed by atoms with Gasteiger partial charge in [0.25, 0.3) is 0 Å². The number of anilines is 2. The van der Waals surface area contributed by atoms with Gasteiger partial charge in [0.1, 0.15) is 0 Å². The molecular weight excluding hydrogens is 363 g/mol. The quantitative estimate of drug-likeness (QED) is 0.578. The van der Waals surface area contributed by atoms with Crippen LogP contribution in [0, 0.1) is 0 Å². The van der Waals surface area contributed by atoms with Gasteiger partial charge in [-0.2, -0.15) is 15.0 Å². The van der Waals surface area contributed by atoms with E-state index in [4.69, 9.17) is 23.2 Å². The zero-order valence-electron chi connectivity index (χ0n) is 12.5. The second kappa shape index (κ2) is 5.91. The molecule has 0 saturated heterocycles. The summed E-state index contributed by atoms with van der Waals surface area (Å²) in [4.78, 5) is 37.1. The van der Waals surface area contributed by atoms with E-state index < -0.39 is 0 Å². The summed E-state index contributed by atoms with van der Waals surface area (Å²) in [5.41, 5.74) is 1.73. The van der Waals surface area contributed by atoms with Crippen LogP contribution in [0.3, 0.4) is 0 Å². The molecular formula is C17H8Cl2N4O2. The maximum atomic E-state index is 12.9. The molecule has 0 spiro atoms. The highest BCUT2D eigenvalue weighted by molar-refractivity contribution is 6.31. The van der Waals surface area contributed by atoms with Crippen molar-refractivity contribution in [1.29, 1.82) is 0 Å². The molecule has 3 aromatic rings. The standard InChI is InChI=1S/C17H8Cl2N4O2/c18-15-21-16(19)23-17(22-15)20-11-7-3-6-10-12(11)14(25)9-5-2-1-4-8(9)13(10)24/h1-7H,(H,20,21,22,23). The minimum atomic E-state index is -0.250. The first kappa shape index (κ1) is 15.7. The molecule has 2 aromatic carbocycles. The Morgan fingerprint density at radius 1 is 0.720 bits per heavy atom. The van der Waals surface area contributed by atoms with Crippen molar-refractivity contribution in [2.24, 2.45) is 0 Å². The van der Waals surface area contributed by atoms with E-state index in [2.05, 4.69) is 20.3 Å². The number of hydrogen-bond donors (Lipinski definition) is 1. The summed E-state index contributed by atoms with van der Waals surface area (Å²) in [6.07, 6.45) is 0. The SMILES string of the molecule is O=C1c2ccccc2C(=O)c2c(Nc3nc(Cl)nc(Cl)n3)cccc21. The molecule has 1 aliphatic carbocycles. The largest absolute Gasteiger partial charge is 0.323 e. The van der Waals surface area contributed by atoms with Gasteiger partial charge in [0.2, 0.25) is 16.5 Å². The molecule has 0 bridgehead atoms. The predicted molar refractivity (Wildman–Crippen MR) is 92.9 cm³/mol. The summed E-state index contributed by atoms with van der Waals surface area (Å²) in [5, 5.41) is 2.72. The van der Waals surface area contributed by atoms with Crippen LogP contribution in [-0.4, -0.2) is 26.5 Å². The lowest BCUT2D eigenvalue weighted by molar-refractivity contribution is 0.0979. The number of nitrogens with zero attached hydrogens (tertiary/aromatic N) is 3. The van der Waals surface area contributed by atoms with E-state index in [1.807, 2.05) is 0 Å². The fraction of sp³-hybridized carbons (Fsp3) is 0. The van der Waals surface area contributed by atoms with E-state index in [1.54, 1.807) is 42.5 Å². The molecule has 0 amide bonds. The van der Waals surface area contributed by atoms with E-state index in [0.717, 1.165) is 0 Å². The molecule has 1 N–H and O–H groups in total. The van der Waals surface area contributed by atoms with Crippen molar-refractivity contribution < 1.29 is 9.59 Å². The lowest BCUT2D eigenvalue weighted by atomic mass is 9.83. The highest BCUT2D eigenvalue weighted by atomic mass is 35.5. The Morgan fingerprint density at radius 2 is 1.32 bits per heavy atom. The minimum Gasteiger partial charge on any atom is -0.323 e. The highest BCUT2D eigenvalue weighted by Gasteiger charge is 2.31. The van der Waals surface area contributed by atoms with Crippen molar-refractivity contribution in [2.75, 3.05) is 5.32 Å². The Kier molecular flexibility index (Phi) is 3.71. The molecule has 4 rings (SSSR count). The van der Waals surface area contributed by atoms with Crippen molar-refractivity contribution in [3.8, 4) is 0 Å². The number of ketones is 2. The van der Waals surface area contributed by atoms with E-state index in [1.165, 1.54) is 0 Å². The smallest absolute Gasteiger partial charge is 0.232 e. The molecule has 6 nitrogen and oxygen atoms in total. The molecule has 1 aliphatic rings. The van der Waals surface area contributed by atoms with Gasteiger partial charge >= 0.3 is 0 Å². The number of fused-ring (bicyclic) bond motifs is 2. The van der Waals surface area contributed by atoms with Gasteiger partial charge in [-0.3, -0.25) is 9.59 Å². The van der Waals surface area contributed by atoms with Crippen LogP contribution in [0.4, 0.5) is 11.6 Å². The van der Waals surface area contributed by atoms with Gasteiger partial charge in [-0.25, -0.2) is 0 Å². The van der Waals surface area contributed by atoms with Crippen molar-refractivity contribution in [1.82, 2.24) is 15.0 Å². The van der Waals surface area contributed by atoms with Crippen molar-refractivity contribution in [2.45, 2.75) is 0 Å². The van der Waals surface area contributed by atoms with Gasteiger partial charge in [-0.05, 0) is 29.3 Å². The summed E-state index contributed by atoms with van der Waals surface area (Å²) in [6.45, 7) is 0. The Hall–Kier alpha value is -2.83. The Labute approximate surface area is 151 Å². The average Bonchev–Trinajstić information content (AvgIpc) is 2.59. The Balaban J connectivity index is 1.85. The second-order valence-electron chi connectivity index (χ2n) is 5.25. The van der Waals surface area contributed by atoms with Crippen LogP contribution < -0.4 is 5.32 Å². The molecule has 1 heterocycles. The van der Waals surface area contributed by atoms with E-state index in [9.17, 15) is 9.59 Å². The highest BCUT2D eigenvalue weighted by Crippen LogP contribution is 2.32. The Morgan fingerprint density at radius 3 is 2.00 bits per heavy atom. The van der Waals surface area contributed by atoms with Crippen LogP contribution in [0.1, 0.15) is 31.8 Å². The molecule has 1 aromatic heterocycles.